The summed E-state index contributed by atoms with van der Waals surface area (Å²) in [6.45, 7) is 5.55. The molecule has 1 rings (SSSR count). The number of aliphatic imine (C=N–C) groups is 1. The highest BCUT2D eigenvalue weighted by Crippen LogP contribution is 2.16. The SMILES string of the molecule is CC(C)(C)C(=O)N[C@@]1(O)C=CC=NC1. The fourth-order valence-corrected chi connectivity index (χ4v) is 0.973. The maximum Gasteiger partial charge on any atom is 0.227 e. The van der Waals surface area contributed by atoms with Crippen LogP contribution in [0.15, 0.2) is 17.1 Å². The first-order chi connectivity index (χ1) is 6.33. The summed E-state index contributed by atoms with van der Waals surface area (Å²) >= 11 is 0. The third-order valence-electron chi connectivity index (χ3n) is 1.91. The average Bonchev–Trinajstić information content (AvgIpc) is 2.02. The topological polar surface area (TPSA) is 61.7 Å². The van der Waals surface area contributed by atoms with Crippen molar-refractivity contribution >= 4 is 12.1 Å². The van der Waals surface area contributed by atoms with Gasteiger partial charge in [0, 0.05) is 11.6 Å². The predicted molar refractivity (Wildman–Crippen MR) is 55.0 cm³/mol. The van der Waals surface area contributed by atoms with E-state index in [2.05, 4.69) is 10.3 Å². The van der Waals surface area contributed by atoms with E-state index in [9.17, 15) is 9.90 Å². The minimum absolute atomic E-state index is 0.172. The second-order valence-electron chi connectivity index (χ2n) is 4.48. The van der Waals surface area contributed by atoms with Crippen molar-refractivity contribution in [3.63, 3.8) is 0 Å². The summed E-state index contributed by atoms with van der Waals surface area (Å²) in [7, 11) is 0. The first-order valence-corrected chi connectivity index (χ1v) is 4.56. The fourth-order valence-electron chi connectivity index (χ4n) is 0.973. The van der Waals surface area contributed by atoms with Crippen LogP contribution in [-0.2, 0) is 4.79 Å². The minimum Gasteiger partial charge on any atom is -0.366 e. The van der Waals surface area contributed by atoms with Gasteiger partial charge in [-0.05, 0) is 12.2 Å². The van der Waals surface area contributed by atoms with E-state index >= 15 is 0 Å². The Labute approximate surface area is 83.7 Å². The Hall–Kier alpha value is -1.16. The number of hydrogen-bond donors (Lipinski definition) is 2. The summed E-state index contributed by atoms with van der Waals surface area (Å²) in [5.41, 5.74) is -1.83. The molecule has 0 aromatic carbocycles. The molecule has 1 aliphatic heterocycles. The Morgan fingerprint density at radius 1 is 1.57 bits per heavy atom. The first kappa shape index (κ1) is 10.9. The lowest BCUT2D eigenvalue weighted by Gasteiger charge is -2.29. The molecule has 1 atom stereocenters. The standard InChI is InChI=1S/C10H16N2O2/c1-9(2,3)8(13)12-10(14)5-4-6-11-7-10/h4-6,14H,7H2,1-3H3,(H,12,13)/t10-/m1/s1. The summed E-state index contributed by atoms with van der Waals surface area (Å²) < 4.78 is 0. The molecule has 4 heteroatoms. The van der Waals surface area contributed by atoms with Crippen molar-refractivity contribution in [2.75, 3.05) is 6.54 Å². The molecule has 0 aromatic rings. The third kappa shape index (κ3) is 2.67. The minimum atomic E-state index is -1.32. The Balaban J connectivity index is 2.65. The molecule has 0 spiro atoms. The van der Waals surface area contributed by atoms with Gasteiger partial charge in [-0.1, -0.05) is 20.8 Å². The normalized spacial score (nSPS) is 26.3. The number of amides is 1. The summed E-state index contributed by atoms with van der Waals surface area (Å²) in [5, 5.41) is 12.4. The molecule has 0 aromatic heterocycles. The van der Waals surface area contributed by atoms with Gasteiger partial charge in [0.1, 0.15) is 0 Å². The highest BCUT2D eigenvalue weighted by Gasteiger charge is 2.31. The third-order valence-corrected chi connectivity index (χ3v) is 1.91. The number of rotatable bonds is 1. The highest BCUT2D eigenvalue weighted by atomic mass is 16.3. The molecule has 1 heterocycles. The van der Waals surface area contributed by atoms with Crippen LogP contribution in [0.4, 0.5) is 0 Å². The van der Waals surface area contributed by atoms with Crippen molar-refractivity contribution in [1.82, 2.24) is 5.32 Å². The zero-order chi connectivity index (χ0) is 10.8. The molecule has 0 radical (unpaired) electrons. The number of aliphatic hydroxyl groups is 1. The molecule has 4 nitrogen and oxygen atoms in total. The van der Waals surface area contributed by atoms with Crippen molar-refractivity contribution in [3.05, 3.63) is 12.2 Å². The van der Waals surface area contributed by atoms with E-state index in [1.807, 2.05) is 0 Å². The smallest absolute Gasteiger partial charge is 0.227 e. The van der Waals surface area contributed by atoms with Crippen molar-refractivity contribution in [1.29, 1.82) is 0 Å². The Bertz CT molecular complexity index is 289. The number of nitrogens with zero attached hydrogens (tertiary/aromatic N) is 1. The van der Waals surface area contributed by atoms with Crippen LogP contribution in [0.25, 0.3) is 0 Å². The van der Waals surface area contributed by atoms with Gasteiger partial charge in [0.25, 0.3) is 0 Å². The van der Waals surface area contributed by atoms with E-state index in [-0.39, 0.29) is 12.5 Å². The summed E-state index contributed by atoms with van der Waals surface area (Å²) in [6, 6.07) is 0. The van der Waals surface area contributed by atoms with Crippen molar-refractivity contribution in [2.24, 2.45) is 10.4 Å². The molecule has 0 fully saturated rings. The fraction of sp³-hybridized carbons (Fsp3) is 0.600. The largest absolute Gasteiger partial charge is 0.366 e. The molecule has 1 aliphatic rings. The van der Waals surface area contributed by atoms with E-state index in [4.69, 9.17) is 0 Å². The summed E-state index contributed by atoms with van der Waals surface area (Å²) in [6.07, 6.45) is 4.74. The van der Waals surface area contributed by atoms with E-state index in [0.717, 1.165) is 0 Å². The lowest BCUT2D eigenvalue weighted by Crippen LogP contribution is -2.53. The summed E-state index contributed by atoms with van der Waals surface area (Å²) in [5.74, 6) is -0.193. The van der Waals surface area contributed by atoms with Gasteiger partial charge < -0.3 is 10.4 Å². The van der Waals surface area contributed by atoms with Gasteiger partial charge in [-0.15, -0.1) is 0 Å². The molecule has 0 unspecified atom stereocenters. The molecular weight excluding hydrogens is 180 g/mol. The van der Waals surface area contributed by atoms with E-state index in [1.54, 1.807) is 33.1 Å². The number of carbonyl (C=O) groups excluding carboxylic acids is 1. The van der Waals surface area contributed by atoms with Crippen LogP contribution in [0.5, 0.6) is 0 Å². The van der Waals surface area contributed by atoms with Crippen LogP contribution < -0.4 is 5.32 Å². The zero-order valence-electron chi connectivity index (χ0n) is 8.74. The molecule has 78 valence electrons. The zero-order valence-corrected chi connectivity index (χ0v) is 8.74. The lowest BCUT2D eigenvalue weighted by molar-refractivity contribution is -0.133. The number of nitrogens with one attached hydrogen (secondary N) is 1. The molecule has 0 bridgehead atoms. The number of hydrogen-bond acceptors (Lipinski definition) is 3. The quantitative estimate of drug-likeness (QED) is 0.599. The molecule has 0 saturated heterocycles. The Morgan fingerprint density at radius 2 is 2.21 bits per heavy atom. The van der Waals surface area contributed by atoms with Crippen LogP contribution in [0.3, 0.4) is 0 Å². The van der Waals surface area contributed by atoms with Crippen LogP contribution in [0.1, 0.15) is 20.8 Å². The van der Waals surface area contributed by atoms with E-state index in [1.165, 1.54) is 6.08 Å². The predicted octanol–water partition coefficient (Wildman–Crippen LogP) is 0.478. The molecule has 2 N–H and O–H groups in total. The molecule has 0 saturated carbocycles. The lowest BCUT2D eigenvalue weighted by atomic mass is 9.94. The van der Waals surface area contributed by atoms with Gasteiger partial charge in [0.05, 0.1) is 6.54 Å². The number of allylic oxidation sites excluding steroid dienone is 1. The molecular formula is C10H16N2O2. The maximum absolute atomic E-state index is 11.6. The van der Waals surface area contributed by atoms with Gasteiger partial charge >= 0.3 is 0 Å². The van der Waals surface area contributed by atoms with Crippen molar-refractivity contribution < 1.29 is 9.90 Å². The van der Waals surface area contributed by atoms with E-state index in [0.29, 0.717) is 0 Å². The molecule has 14 heavy (non-hydrogen) atoms. The Morgan fingerprint density at radius 3 is 2.64 bits per heavy atom. The first-order valence-electron chi connectivity index (χ1n) is 4.56. The van der Waals surface area contributed by atoms with Crippen LogP contribution in [0.2, 0.25) is 0 Å². The van der Waals surface area contributed by atoms with Gasteiger partial charge in [-0.2, -0.15) is 0 Å². The van der Waals surface area contributed by atoms with Crippen molar-refractivity contribution in [2.45, 2.75) is 26.5 Å². The Kier molecular flexibility index (Phi) is 2.76. The molecule has 0 aliphatic carbocycles. The van der Waals surface area contributed by atoms with Crippen LogP contribution in [0, 0.1) is 5.41 Å². The van der Waals surface area contributed by atoms with Gasteiger partial charge in [-0.3, -0.25) is 9.79 Å². The van der Waals surface area contributed by atoms with Gasteiger partial charge in [0.2, 0.25) is 5.91 Å². The van der Waals surface area contributed by atoms with Gasteiger partial charge in [0.15, 0.2) is 5.72 Å². The van der Waals surface area contributed by atoms with Crippen LogP contribution >= 0.6 is 0 Å². The second kappa shape index (κ2) is 3.53. The summed E-state index contributed by atoms with van der Waals surface area (Å²) in [4.78, 5) is 15.5. The van der Waals surface area contributed by atoms with Crippen molar-refractivity contribution in [3.8, 4) is 0 Å². The van der Waals surface area contributed by atoms with Crippen LogP contribution in [-0.4, -0.2) is 29.5 Å². The monoisotopic (exact) mass is 196 g/mol. The maximum atomic E-state index is 11.6. The second-order valence-corrected chi connectivity index (χ2v) is 4.48. The number of carbonyl (C=O) groups is 1. The molecule has 1 amide bonds. The average molecular weight is 196 g/mol. The van der Waals surface area contributed by atoms with E-state index < -0.39 is 11.1 Å². The highest BCUT2D eigenvalue weighted by molar-refractivity contribution is 5.82. The van der Waals surface area contributed by atoms with Gasteiger partial charge in [-0.25, -0.2) is 0 Å². The number of dihydropyridines is 1.